The fraction of sp³-hybridized carbons (Fsp3) is 0.714. The molecule has 4 heterocycles. The summed E-state index contributed by atoms with van der Waals surface area (Å²) in [4.78, 5) is 51.2. The fourth-order valence-electron chi connectivity index (χ4n) is 7.62. The van der Waals surface area contributed by atoms with Crippen molar-refractivity contribution < 1.29 is 9.59 Å². The van der Waals surface area contributed by atoms with Gasteiger partial charge in [0.15, 0.2) is 0 Å². The van der Waals surface area contributed by atoms with Crippen LogP contribution in [-0.2, 0) is 9.59 Å². The molecule has 2 aliphatic heterocycles. The van der Waals surface area contributed by atoms with E-state index in [0.29, 0.717) is 11.8 Å². The van der Waals surface area contributed by atoms with Gasteiger partial charge in [0, 0.05) is 0 Å². The van der Waals surface area contributed by atoms with E-state index in [-0.39, 0.29) is 11.8 Å². The van der Waals surface area contributed by atoms with Crippen molar-refractivity contribution in [3.8, 4) is 0 Å². The molecule has 4 rings (SSSR count). The zero-order valence-electron chi connectivity index (χ0n) is 33.6. The molecular formula is C42H70N2O2S2Sn2. The molecule has 8 heteroatoms. The number of unbranched alkanes of at least 4 members (excludes halogenated alkanes) is 8. The molecule has 2 aromatic heterocycles. The minimum atomic E-state index is -2.47. The Balaban J connectivity index is 1.80. The summed E-state index contributed by atoms with van der Waals surface area (Å²) in [6.07, 6.45) is 19.6. The van der Waals surface area contributed by atoms with Crippen LogP contribution in [-0.4, -0.2) is 61.7 Å². The van der Waals surface area contributed by atoms with Gasteiger partial charge in [0.1, 0.15) is 0 Å². The van der Waals surface area contributed by atoms with Crippen molar-refractivity contribution in [1.29, 1.82) is 0 Å². The molecule has 0 bridgehead atoms. The summed E-state index contributed by atoms with van der Waals surface area (Å²) in [6.45, 7) is 10.7. The molecule has 2 unspecified atom stereocenters. The molecule has 50 heavy (non-hydrogen) atoms. The maximum atomic E-state index is 14.9. The summed E-state index contributed by atoms with van der Waals surface area (Å²) in [7, 11) is 0. The van der Waals surface area contributed by atoms with Crippen LogP contribution in [0.3, 0.4) is 0 Å². The zero-order chi connectivity index (χ0) is 36.6. The number of thiophene rings is 2. The minimum absolute atomic E-state index is 0.0874. The maximum absolute atomic E-state index is 14.9. The first-order valence-corrected chi connectivity index (χ1v) is 42.0. The second-order valence-corrected chi connectivity index (χ2v) is 50.4. The van der Waals surface area contributed by atoms with Gasteiger partial charge in [0.25, 0.3) is 0 Å². The van der Waals surface area contributed by atoms with Crippen molar-refractivity contribution in [2.45, 2.75) is 160 Å². The summed E-state index contributed by atoms with van der Waals surface area (Å²) in [5, 5.41) is 0. The van der Waals surface area contributed by atoms with Crippen LogP contribution >= 0.6 is 22.7 Å². The monoisotopic (exact) mass is 938 g/mol. The molecule has 2 amide bonds. The van der Waals surface area contributed by atoms with Crippen LogP contribution in [0.15, 0.2) is 12.1 Å². The summed E-state index contributed by atoms with van der Waals surface area (Å²) in [5.41, 5.74) is 3.67. The third-order valence-electron chi connectivity index (χ3n) is 10.9. The molecule has 2 aliphatic rings. The SMILES string of the molecule is CCCCCCC(CCCC)CN1C(=O)/C(=C2\C(=O)N(CC(CCCC)CCCCCC)c3c[c]([Sn]([CH3])([CH3])[CH3])sc32)c2s[c]([Sn]([CH3])([CH3])[CH3])cc21. The van der Waals surface area contributed by atoms with Crippen LogP contribution in [0.25, 0.3) is 11.1 Å². The van der Waals surface area contributed by atoms with Gasteiger partial charge in [-0.2, -0.15) is 0 Å². The Morgan fingerprint density at radius 3 is 1.18 bits per heavy atom. The van der Waals surface area contributed by atoms with Crippen molar-refractivity contribution in [2.24, 2.45) is 11.8 Å². The first-order valence-electron chi connectivity index (χ1n) is 20.4. The molecule has 2 atom stereocenters. The molecule has 0 aliphatic carbocycles. The quantitative estimate of drug-likeness (QED) is 0.0670. The molecular weight excluding hydrogens is 866 g/mol. The third kappa shape index (κ3) is 10.5. The topological polar surface area (TPSA) is 40.6 Å². The summed E-state index contributed by atoms with van der Waals surface area (Å²) < 4.78 is 3.00. The Bertz CT molecular complexity index is 1350. The molecule has 0 N–H and O–H groups in total. The molecule has 2 aromatic rings. The Labute approximate surface area is 323 Å². The average Bonchev–Trinajstić information content (AvgIpc) is 3.80. The Morgan fingerprint density at radius 2 is 0.860 bits per heavy atom. The first kappa shape index (κ1) is 42.4. The van der Waals surface area contributed by atoms with E-state index in [1.807, 2.05) is 22.7 Å². The van der Waals surface area contributed by atoms with Crippen molar-refractivity contribution in [2.75, 3.05) is 22.9 Å². The first-order chi connectivity index (χ1) is 23.8. The van der Waals surface area contributed by atoms with E-state index in [0.717, 1.165) is 45.4 Å². The van der Waals surface area contributed by atoms with E-state index in [4.69, 9.17) is 0 Å². The normalized spacial score (nSPS) is 17.6. The van der Waals surface area contributed by atoms with Crippen LogP contribution in [0.2, 0.25) is 29.6 Å². The van der Waals surface area contributed by atoms with Gasteiger partial charge < -0.3 is 0 Å². The Hall–Kier alpha value is -0.323. The van der Waals surface area contributed by atoms with Crippen LogP contribution < -0.4 is 15.6 Å². The number of carbonyl (C=O) groups excluding carboxylic acids is 2. The standard InChI is InChI=1S/C36H52N2O2S2.6CH3.2Sn/c1-5-9-13-15-19-27(17-11-7-3)25-37-29-21-23-41-33(29)31(35(37)39)32-34-30(22-24-42-34)38(36(32)40)26-28(18-12-8-4)20-16-14-10-6-2;;;;;;;;/h21-22,27-28H,5-20,25-26H2,1-4H3;6*1H3;;/b32-31-;;;;;;;;. The average molecular weight is 937 g/mol. The number of fused-ring (bicyclic) bond motifs is 2. The molecule has 280 valence electrons. The van der Waals surface area contributed by atoms with Gasteiger partial charge >= 0.3 is 326 Å². The summed E-state index contributed by atoms with van der Waals surface area (Å²) >= 11 is -1.23. The molecule has 0 spiro atoms. The van der Waals surface area contributed by atoms with Gasteiger partial charge in [-0.15, -0.1) is 0 Å². The zero-order valence-corrected chi connectivity index (χ0v) is 40.9. The number of rotatable bonds is 22. The molecule has 0 fully saturated rings. The van der Waals surface area contributed by atoms with E-state index >= 15 is 0 Å². The predicted octanol–water partition coefficient (Wildman–Crippen LogP) is 12.1. The Kier molecular flexibility index (Phi) is 16.4. The van der Waals surface area contributed by atoms with Gasteiger partial charge in [0.2, 0.25) is 0 Å². The number of carbonyl (C=O) groups is 2. The van der Waals surface area contributed by atoms with E-state index < -0.39 is 36.8 Å². The Morgan fingerprint density at radius 1 is 0.520 bits per heavy atom. The van der Waals surface area contributed by atoms with Crippen LogP contribution in [0.4, 0.5) is 11.4 Å². The van der Waals surface area contributed by atoms with Gasteiger partial charge in [-0.05, 0) is 0 Å². The van der Waals surface area contributed by atoms with Crippen LogP contribution in [0.5, 0.6) is 0 Å². The molecule has 0 aromatic carbocycles. The second-order valence-electron chi connectivity index (χ2n) is 17.4. The number of amides is 2. The van der Waals surface area contributed by atoms with E-state index in [2.05, 4.69) is 79.3 Å². The van der Waals surface area contributed by atoms with Gasteiger partial charge in [0.05, 0.1) is 0 Å². The number of hydrogen-bond acceptors (Lipinski definition) is 4. The van der Waals surface area contributed by atoms with Crippen molar-refractivity contribution in [3.63, 3.8) is 0 Å². The number of anilines is 2. The van der Waals surface area contributed by atoms with Gasteiger partial charge in [-0.1, -0.05) is 0 Å². The second kappa shape index (κ2) is 19.3. The summed E-state index contributed by atoms with van der Waals surface area (Å²) in [6, 6.07) is 4.77. The molecule has 0 saturated carbocycles. The van der Waals surface area contributed by atoms with Crippen molar-refractivity contribution in [3.05, 3.63) is 21.9 Å². The van der Waals surface area contributed by atoms with Crippen LogP contribution in [0, 0.1) is 11.8 Å². The molecule has 0 radical (unpaired) electrons. The van der Waals surface area contributed by atoms with E-state index in [9.17, 15) is 9.59 Å². The van der Waals surface area contributed by atoms with Crippen molar-refractivity contribution >= 4 is 99.5 Å². The fourth-order valence-corrected chi connectivity index (χ4v) is 20.4. The number of hydrogen-bond donors (Lipinski definition) is 0. The molecule has 0 saturated heterocycles. The molecule has 4 nitrogen and oxygen atoms in total. The van der Waals surface area contributed by atoms with Gasteiger partial charge in [-0.25, -0.2) is 0 Å². The number of nitrogens with zero attached hydrogens (tertiary/aromatic N) is 2. The van der Waals surface area contributed by atoms with E-state index in [1.54, 1.807) is 0 Å². The predicted molar refractivity (Wildman–Crippen MR) is 230 cm³/mol. The summed E-state index contributed by atoms with van der Waals surface area (Å²) in [5.74, 6) is 1.17. The van der Waals surface area contributed by atoms with Gasteiger partial charge in [-0.3, -0.25) is 0 Å². The van der Waals surface area contributed by atoms with Crippen LogP contribution in [0.1, 0.15) is 140 Å². The third-order valence-corrected chi connectivity index (χ3v) is 32.0. The van der Waals surface area contributed by atoms with E-state index in [1.165, 1.54) is 109 Å². The van der Waals surface area contributed by atoms with Crippen molar-refractivity contribution in [1.82, 2.24) is 0 Å².